The van der Waals surface area contributed by atoms with Crippen LogP contribution in [0.4, 0.5) is 0 Å². The van der Waals surface area contributed by atoms with Gasteiger partial charge in [-0.15, -0.1) is 0 Å². The average Bonchev–Trinajstić information content (AvgIpc) is 3.29. The van der Waals surface area contributed by atoms with Crippen molar-refractivity contribution in [2.24, 2.45) is 11.3 Å². The van der Waals surface area contributed by atoms with Crippen LogP contribution in [0.2, 0.25) is 0 Å². The van der Waals surface area contributed by atoms with Crippen molar-refractivity contribution in [2.45, 2.75) is 89.0 Å². The van der Waals surface area contributed by atoms with Gasteiger partial charge in [0.2, 0.25) is 0 Å². The number of rotatable bonds is 3. The van der Waals surface area contributed by atoms with Crippen LogP contribution in [0.15, 0.2) is 24.3 Å². The molecule has 3 atom stereocenters. The second-order valence-electron chi connectivity index (χ2n) is 9.57. The molecule has 25 heavy (non-hydrogen) atoms. The van der Waals surface area contributed by atoms with E-state index in [4.69, 9.17) is 0 Å². The molecule has 4 aliphatic rings. The van der Waals surface area contributed by atoms with Crippen LogP contribution in [-0.2, 0) is 11.8 Å². The number of aryl methyl sites for hydroxylation is 1. The molecule has 3 aliphatic carbocycles. The van der Waals surface area contributed by atoms with E-state index in [0.717, 1.165) is 12.0 Å². The lowest BCUT2D eigenvalue weighted by molar-refractivity contribution is -0.0593. The standard InChI is InChI=1S/C24H35N/c1-2-22-24-14-7-13-23(24,21-11-6-5-10-20(21)12-15-24)16-17-25(22)18-19-8-3-4-9-19/h5-6,10-11,19,22H,2-4,7-9,12-18H2,1H3. The van der Waals surface area contributed by atoms with E-state index in [1.54, 1.807) is 11.1 Å². The van der Waals surface area contributed by atoms with Crippen LogP contribution in [0.3, 0.4) is 0 Å². The number of fused-ring (bicyclic) bond motifs is 1. The molecule has 0 radical (unpaired) electrons. The minimum absolute atomic E-state index is 0.509. The van der Waals surface area contributed by atoms with Crippen LogP contribution < -0.4 is 0 Å². The maximum atomic E-state index is 2.98. The fourth-order valence-corrected chi connectivity index (χ4v) is 7.92. The summed E-state index contributed by atoms with van der Waals surface area (Å²) in [6.45, 7) is 5.24. The predicted octanol–water partition coefficient (Wildman–Crippen LogP) is 5.72. The zero-order valence-corrected chi connectivity index (χ0v) is 16.1. The van der Waals surface area contributed by atoms with Crippen molar-refractivity contribution >= 4 is 0 Å². The number of nitrogens with zero attached hydrogens (tertiary/aromatic N) is 1. The Morgan fingerprint density at radius 1 is 1.00 bits per heavy atom. The summed E-state index contributed by atoms with van der Waals surface area (Å²) in [5, 5.41) is 0. The van der Waals surface area contributed by atoms with E-state index in [1.807, 2.05) is 0 Å². The van der Waals surface area contributed by atoms with E-state index in [0.29, 0.717) is 10.8 Å². The van der Waals surface area contributed by atoms with Crippen molar-refractivity contribution in [1.29, 1.82) is 0 Å². The monoisotopic (exact) mass is 337 g/mol. The highest BCUT2D eigenvalue weighted by Gasteiger charge is 2.63. The van der Waals surface area contributed by atoms with Crippen LogP contribution in [0.5, 0.6) is 0 Å². The molecule has 0 aromatic heterocycles. The molecule has 1 nitrogen and oxygen atoms in total. The van der Waals surface area contributed by atoms with Crippen molar-refractivity contribution in [3.8, 4) is 0 Å². The number of hydrogen-bond donors (Lipinski definition) is 0. The van der Waals surface area contributed by atoms with Gasteiger partial charge in [0.1, 0.15) is 0 Å². The van der Waals surface area contributed by atoms with Gasteiger partial charge >= 0.3 is 0 Å². The second-order valence-corrected chi connectivity index (χ2v) is 9.57. The molecule has 2 saturated carbocycles. The summed E-state index contributed by atoms with van der Waals surface area (Å²) in [4.78, 5) is 2.98. The minimum atomic E-state index is 0.509. The molecule has 0 bridgehead atoms. The first-order chi connectivity index (χ1) is 12.3. The Morgan fingerprint density at radius 3 is 2.68 bits per heavy atom. The SMILES string of the molecule is CCC1N(CC2CCCC2)CCC23CCCC12CCc1ccccc13. The van der Waals surface area contributed by atoms with Gasteiger partial charge in [-0.2, -0.15) is 0 Å². The van der Waals surface area contributed by atoms with E-state index in [1.165, 1.54) is 83.7 Å². The lowest BCUT2D eigenvalue weighted by Crippen LogP contribution is -2.63. The summed E-state index contributed by atoms with van der Waals surface area (Å²) in [5.41, 5.74) is 4.53. The van der Waals surface area contributed by atoms with E-state index in [2.05, 4.69) is 36.1 Å². The normalized spacial score (nSPS) is 38.4. The largest absolute Gasteiger partial charge is 0.300 e. The number of benzene rings is 1. The molecule has 1 aromatic rings. The van der Waals surface area contributed by atoms with Crippen LogP contribution in [0.25, 0.3) is 0 Å². The highest BCUT2D eigenvalue weighted by molar-refractivity contribution is 5.43. The maximum Gasteiger partial charge on any atom is 0.0158 e. The molecule has 1 heterocycles. The molecule has 0 amide bonds. The Balaban J connectivity index is 1.53. The van der Waals surface area contributed by atoms with E-state index in [-0.39, 0.29) is 0 Å². The van der Waals surface area contributed by atoms with E-state index in [9.17, 15) is 0 Å². The van der Waals surface area contributed by atoms with Crippen LogP contribution in [-0.4, -0.2) is 24.0 Å². The van der Waals surface area contributed by atoms with Crippen molar-refractivity contribution in [1.82, 2.24) is 4.90 Å². The van der Waals surface area contributed by atoms with Gasteiger partial charge in [0.25, 0.3) is 0 Å². The maximum absolute atomic E-state index is 2.98. The van der Waals surface area contributed by atoms with Gasteiger partial charge in [-0.3, -0.25) is 4.90 Å². The first-order valence-electron chi connectivity index (χ1n) is 11.1. The van der Waals surface area contributed by atoms with Gasteiger partial charge in [0.05, 0.1) is 0 Å². The molecule has 3 fully saturated rings. The van der Waals surface area contributed by atoms with Crippen molar-refractivity contribution < 1.29 is 0 Å². The third-order valence-electron chi connectivity index (χ3n) is 8.81. The van der Waals surface area contributed by atoms with Crippen LogP contribution in [0, 0.1) is 11.3 Å². The van der Waals surface area contributed by atoms with Crippen molar-refractivity contribution in [2.75, 3.05) is 13.1 Å². The molecular formula is C24H35N. The summed E-state index contributed by atoms with van der Waals surface area (Å²) in [7, 11) is 0. The first kappa shape index (κ1) is 16.4. The zero-order valence-electron chi connectivity index (χ0n) is 16.1. The highest BCUT2D eigenvalue weighted by atomic mass is 15.2. The Bertz CT molecular complexity index is 631. The quantitative estimate of drug-likeness (QED) is 0.682. The van der Waals surface area contributed by atoms with Crippen molar-refractivity contribution in [3.05, 3.63) is 35.4 Å². The van der Waals surface area contributed by atoms with Gasteiger partial charge in [-0.25, -0.2) is 0 Å². The smallest absolute Gasteiger partial charge is 0.0158 e. The molecule has 3 unspecified atom stereocenters. The summed E-state index contributed by atoms with van der Waals surface area (Å²) in [6.07, 6.45) is 15.9. The molecule has 1 aromatic carbocycles. The molecule has 136 valence electrons. The Morgan fingerprint density at radius 2 is 1.84 bits per heavy atom. The predicted molar refractivity (Wildman–Crippen MR) is 105 cm³/mol. The Hall–Kier alpha value is -0.820. The van der Waals surface area contributed by atoms with Gasteiger partial charge in [-0.05, 0) is 80.4 Å². The van der Waals surface area contributed by atoms with Gasteiger partial charge in [0, 0.05) is 18.0 Å². The van der Waals surface area contributed by atoms with Gasteiger partial charge in [-0.1, -0.05) is 50.5 Å². The lowest BCUT2D eigenvalue weighted by Gasteiger charge is -2.61. The fourth-order valence-electron chi connectivity index (χ4n) is 7.92. The van der Waals surface area contributed by atoms with Gasteiger partial charge in [0.15, 0.2) is 0 Å². The first-order valence-corrected chi connectivity index (χ1v) is 11.1. The Kier molecular flexibility index (Phi) is 4.00. The topological polar surface area (TPSA) is 3.24 Å². The number of likely N-dealkylation sites (tertiary alicyclic amines) is 1. The molecule has 1 heteroatoms. The summed E-state index contributed by atoms with van der Waals surface area (Å²) in [5.74, 6) is 0.996. The Labute approximate surface area is 154 Å². The summed E-state index contributed by atoms with van der Waals surface area (Å²) >= 11 is 0. The minimum Gasteiger partial charge on any atom is -0.300 e. The zero-order chi connectivity index (χ0) is 16.9. The molecular weight excluding hydrogens is 302 g/mol. The number of hydrogen-bond acceptors (Lipinski definition) is 1. The fraction of sp³-hybridized carbons (Fsp3) is 0.750. The second kappa shape index (κ2) is 6.12. The molecule has 0 N–H and O–H groups in total. The van der Waals surface area contributed by atoms with Gasteiger partial charge < -0.3 is 0 Å². The summed E-state index contributed by atoms with van der Waals surface area (Å²) < 4.78 is 0. The van der Waals surface area contributed by atoms with E-state index >= 15 is 0 Å². The van der Waals surface area contributed by atoms with Crippen LogP contribution in [0.1, 0.15) is 82.3 Å². The summed E-state index contributed by atoms with van der Waals surface area (Å²) in [6, 6.07) is 10.3. The third kappa shape index (κ3) is 2.24. The highest BCUT2D eigenvalue weighted by Crippen LogP contribution is 2.66. The van der Waals surface area contributed by atoms with Crippen LogP contribution >= 0.6 is 0 Å². The van der Waals surface area contributed by atoms with E-state index < -0.39 is 0 Å². The molecule has 1 saturated heterocycles. The molecule has 5 rings (SSSR count). The van der Waals surface area contributed by atoms with Crippen molar-refractivity contribution in [3.63, 3.8) is 0 Å². The number of piperidine rings is 1. The molecule has 0 spiro atoms. The average molecular weight is 338 g/mol. The molecule has 1 aliphatic heterocycles. The lowest BCUT2D eigenvalue weighted by atomic mass is 9.49. The third-order valence-corrected chi connectivity index (χ3v) is 8.81.